The van der Waals surface area contributed by atoms with Gasteiger partial charge in [0.05, 0.1) is 49.8 Å². The van der Waals surface area contributed by atoms with Crippen LogP contribution in [0.4, 0.5) is 0 Å². The van der Waals surface area contributed by atoms with Crippen LogP contribution in [0.25, 0.3) is 0 Å². The van der Waals surface area contributed by atoms with Crippen LogP contribution >= 0.6 is 23.2 Å². The Morgan fingerprint density at radius 1 is 1.15 bits per heavy atom. The van der Waals surface area contributed by atoms with E-state index in [1.807, 2.05) is 12.1 Å². The lowest BCUT2D eigenvalue weighted by atomic mass is 9.91. The maximum atomic E-state index is 6.61. The first-order chi connectivity index (χ1) is 13.1. The standard InChI is InChI=1S/C21H21Cl2N3O/c1-25-10-8-21(9-11-25)26-19(16-4-2-3-5-20(16)27-21)13-18(24-26)15-7-6-14(22)12-17(15)23/h2-7,12,19H,8-11,13H2,1H3/p+1/t19-/m0/s1. The van der Waals surface area contributed by atoms with Gasteiger partial charge in [-0.05, 0) is 18.2 Å². The van der Waals surface area contributed by atoms with Crippen LogP contribution in [0, 0.1) is 0 Å². The molecule has 1 fully saturated rings. The van der Waals surface area contributed by atoms with Gasteiger partial charge in [-0.3, -0.25) is 0 Å². The van der Waals surface area contributed by atoms with Gasteiger partial charge in [0.2, 0.25) is 5.72 Å². The van der Waals surface area contributed by atoms with Gasteiger partial charge in [-0.15, -0.1) is 0 Å². The molecule has 140 valence electrons. The molecule has 1 N–H and O–H groups in total. The molecule has 0 saturated carbocycles. The van der Waals surface area contributed by atoms with Gasteiger partial charge in [0.15, 0.2) is 0 Å². The summed E-state index contributed by atoms with van der Waals surface area (Å²) in [5, 5.41) is 8.58. The number of rotatable bonds is 1. The normalized spacial score (nSPS) is 29.1. The molecular weight excluding hydrogens is 381 g/mol. The lowest BCUT2D eigenvalue weighted by Crippen LogP contribution is -3.11. The van der Waals surface area contributed by atoms with Crippen molar-refractivity contribution >= 4 is 28.9 Å². The van der Waals surface area contributed by atoms with E-state index in [0.717, 1.165) is 49.4 Å². The SMILES string of the molecule is C[NH+]1CCC2(CC1)Oc1ccccc1[C@@H]1CC(c3ccc(Cl)cc3Cl)=NN12. The third-order valence-corrected chi connectivity index (χ3v) is 6.58. The Hall–Kier alpha value is -1.75. The maximum absolute atomic E-state index is 6.61. The molecule has 3 aliphatic rings. The van der Waals surface area contributed by atoms with E-state index in [1.165, 1.54) is 5.56 Å². The largest absolute Gasteiger partial charge is 0.466 e. The number of nitrogens with zero attached hydrogens (tertiary/aromatic N) is 2. The maximum Gasteiger partial charge on any atom is 0.208 e. The molecule has 3 aliphatic heterocycles. The first-order valence-corrected chi connectivity index (χ1v) is 10.2. The summed E-state index contributed by atoms with van der Waals surface area (Å²) in [6.45, 7) is 2.16. The van der Waals surface area contributed by atoms with Crippen LogP contribution in [-0.4, -0.2) is 36.6 Å². The van der Waals surface area contributed by atoms with E-state index in [4.69, 9.17) is 33.0 Å². The molecule has 27 heavy (non-hydrogen) atoms. The molecule has 3 heterocycles. The van der Waals surface area contributed by atoms with Crippen molar-refractivity contribution in [3.63, 3.8) is 0 Å². The van der Waals surface area contributed by atoms with Crippen LogP contribution in [0.5, 0.6) is 5.75 Å². The minimum atomic E-state index is -0.362. The van der Waals surface area contributed by atoms with Crippen molar-refractivity contribution < 1.29 is 9.64 Å². The topological polar surface area (TPSA) is 29.3 Å². The van der Waals surface area contributed by atoms with Crippen molar-refractivity contribution in [2.75, 3.05) is 20.1 Å². The van der Waals surface area contributed by atoms with Crippen molar-refractivity contribution in [3.05, 3.63) is 63.6 Å². The van der Waals surface area contributed by atoms with Gasteiger partial charge in [0.25, 0.3) is 0 Å². The first-order valence-electron chi connectivity index (χ1n) is 9.47. The van der Waals surface area contributed by atoms with E-state index in [9.17, 15) is 0 Å². The molecule has 0 aliphatic carbocycles. The zero-order valence-corrected chi connectivity index (χ0v) is 16.7. The summed E-state index contributed by atoms with van der Waals surface area (Å²) >= 11 is 12.6. The van der Waals surface area contributed by atoms with Crippen LogP contribution in [0.2, 0.25) is 10.0 Å². The summed E-state index contributed by atoms with van der Waals surface area (Å²) in [6, 6.07) is 14.2. The molecule has 6 heteroatoms. The number of para-hydroxylation sites is 1. The predicted octanol–water partition coefficient (Wildman–Crippen LogP) is 3.54. The summed E-state index contributed by atoms with van der Waals surface area (Å²) in [4.78, 5) is 1.55. The lowest BCUT2D eigenvalue weighted by molar-refractivity contribution is -0.888. The molecule has 0 aromatic heterocycles. The average molecular weight is 403 g/mol. The number of nitrogens with one attached hydrogen (secondary N) is 1. The summed E-state index contributed by atoms with van der Waals surface area (Å²) < 4.78 is 6.61. The van der Waals surface area contributed by atoms with Crippen LogP contribution in [0.1, 0.15) is 36.4 Å². The molecule has 0 amide bonds. The van der Waals surface area contributed by atoms with E-state index in [1.54, 1.807) is 11.0 Å². The van der Waals surface area contributed by atoms with Crippen LogP contribution in [-0.2, 0) is 0 Å². The monoisotopic (exact) mass is 402 g/mol. The summed E-state index contributed by atoms with van der Waals surface area (Å²) in [6.07, 6.45) is 2.76. The molecule has 0 bridgehead atoms. The quantitative estimate of drug-likeness (QED) is 0.790. The molecule has 1 spiro atoms. The molecule has 1 atom stereocenters. The second-order valence-electron chi connectivity index (χ2n) is 7.78. The highest BCUT2D eigenvalue weighted by Crippen LogP contribution is 2.49. The molecule has 2 aromatic carbocycles. The fourth-order valence-corrected chi connectivity index (χ4v) is 5.03. The second kappa shape index (κ2) is 6.40. The third-order valence-electron chi connectivity index (χ3n) is 6.03. The van der Waals surface area contributed by atoms with Gasteiger partial charge < -0.3 is 9.64 Å². The molecule has 1 saturated heterocycles. The number of quaternary nitrogens is 1. The van der Waals surface area contributed by atoms with Gasteiger partial charge in [-0.25, -0.2) is 5.01 Å². The molecular formula is C21H22Cl2N3O+. The smallest absolute Gasteiger partial charge is 0.208 e. The molecule has 2 aromatic rings. The number of hydrogen-bond acceptors (Lipinski definition) is 3. The number of ether oxygens (including phenoxy) is 1. The van der Waals surface area contributed by atoms with Crippen molar-refractivity contribution in [3.8, 4) is 5.75 Å². The number of benzene rings is 2. The Morgan fingerprint density at radius 3 is 2.70 bits per heavy atom. The molecule has 4 nitrogen and oxygen atoms in total. The van der Waals surface area contributed by atoms with Crippen molar-refractivity contribution in [1.29, 1.82) is 0 Å². The summed E-state index contributed by atoms with van der Waals surface area (Å²) in [7, 11) is 2.24. The van der Waals surface area contributed by atoms with Crippen molar-refractivity contribution in [2.24, 2.45) is 5.10 Å². The van der Waals surface area contributed by atoms with Crippen LogP contribution < -0.4 is 9.64 Å². The Balaban J connectivity index is 1.59. The van der Waals surface area contributed by atoms with Crippen molar-refractivity contribution in [1.82, 2.24) is 5.01 Å². The summed E-state index contributed by atoms with van der Waals surface area (Å²) in [5.41, 5.74) is 2.81. The number of halogens is 2. The number of fused-ring (bicyclic) bond motifs is 4. The van der Waals surface area contributed by atoms with E-state index in [-0.39, 0.29) is 11.8 Å². The van der Waals surface area contributed by atoms with E-state index >= 15 is 0 Å². The Bertz CT molecular complexity index is 921. The van der Waals surface area contributed by atoms with Crippen molar-refractivity contribution in [2.45, 2.75) is 31.0 Å². The van der Waals surface area contributed by atoms with Crippen LogP contribution in [0.15, 0.2) is 47.6 Å². The highest BCUT2D eigenvalue weighted by molar-refractivity contribution is 6.37. The number of piperidine rings is 1. The highest BCUT2D eigenvalue weighted by atomic mass is 35.5. The van der Waals surface area contributed by atoms with E-state index in [0.29, 0.717) is 10.0 Å². The zero-order chi connectivity index (χ0) is 18.6. The molecule has 0 radical (unpaired) electrons. The predicted molar refractivity (Wildman–Crippen MR) is 108 cm³/mol. The fraction of sp³-hybridized carbons (Fsp3) is 0.381. The second-order valence-corrected chi connectivity index (χ2v) is 8.62. The van der Waals surface area contributed by atoms with Crippen LogP contribution in [0.3, 0.4) is 0 Å². The van der Waals surface area contributed by atoms with E-state index in [2.05, 4.69) is 36.3 Å². The number of hydrogen-bond donors (Lipinski definition) is 1. The van der Waals surface area contributed by atoms with Gasteiger partial charge in [0, 0.05) is 22.6 Å². The Kier molecular flexibility index (Phi) is 4.12. The van der Waals surface area contributed by atoms with E-state index < -0.39 is 0 Å². The van der Waals surface area contributed by atoms with Gasteiger partial charge in [-0.2, -0.15) is 5.10 Å². The Labute approximate surface area is 169 Å². The Morgan fingerprint density at radius 2 is 1.93 bits per heavy atom. The molecule has 5 rings (SSSR count). The minimum Gasteiger partial charge on any atom is -0.466 e. The molecule has 0 unspecified atom stereocenters. The summed E-state index contributed by atoms with van der Waals surface area (Å²) in [5.74, 6) is 0.997. The number of hydrazone groups is 1. The minimum absolute atomic E-state index is 0.190. The highest BCUT2D eigenvalue weighted by Gasteiger charge is 2.52. The third kappa shape index (κ3) is 2.82. The first kappa shape index (κ1) is 17.4. The number of likely N-dealkylation sites (tertiary alicyclic amines) is 1. The van der Waals surface area contributed by atoms with Gasteiger partial charge in [0.1, 0.15) is 5.75 Å². The zero-order valence-electron chi connectivity index (χ0n) is 15.2. The van der Waals surface area contributed by atoms with Gasteiger partial charge in [-0.1, -0.05) is 47.5 Å². The lowest BCUT2D eigenvalue weighted by Gasteiger charge is -2.49. The van der Waals surface area contributed by atoms with Gasteiger partial charge >= 0.3 is 0 Å². The fourth-order valence-electron chi connectivity index (χ4n) is 4.51. The average Bonchev–Trinajstić information content (AvgIpc) is 3.11.